The second kappa shape index (κ2) is 8.78. The molecule has 6 heteroatoms. The van der Waals surface area contributed by atoms with E-state index >= 15 is 0 Å². The molecular weight excluding hydrogens is 337 g/mol. The second-order valence-electron chi connectivity index (χ2n) is 6.27. The molecule has 0 spiro atoms. The van der Waals surface area contributed by atoms with E-state index in [9.17, 15) is 14.3 Å². The number of hydrogen-bond donors (Lipinski definition) is 1. The minimum atomic E-state index is -1.51. The Hall–Kier alpha value is -2.44. The molecule has 1 heterocycles. The van der Waals surface area contributed by atoms with Gasteiger partial charge >= 0.3 is 6.09 Å². The number of rotatable bonds is 6. The Morgan fingerprint density at radius 1 is 1.04 bits per heavy atom. The summed E-state index contributed by atoms with van der Waals surface area (Å²) in [5, 5.41) is 10.1. The summed E-state index contributed by atoms with van der Waals surface area (Å²) in [5.74, 6) is 0. The van der Waals surface area contributed by atoms with Crippen LogP contribution in [0.4, 0.5) is 9.18 Å². The Morgan fingerprint density at radius 2 is 1.62 bits per heavy atom. The van der Waals surface area contributed by atoms with Gasteiger partial charge < -0.3 is 14.6 Å². The molecule has 0 aliphatic carbocycles. The highest BCUT2D eigenvalue weighted by molar-refractivity contribution is 5.68. The predicted molar refractivity (Wildman–Crippen MR) is 94.1 cm³/mol. The molecule has 5 nitrogen and oxygen atoms in total. The first-order valence-electron chi connectivity index (χ1n) is 8.56. The van der Waals surface area contributed by atoms with Crippen LogP contribution in [0.25, 0.3) is 0 Å². The van der Waals surface area contributed by atoms with Crippen molar-refractivity contribution in [3.63, 3.8) is 0 Å². The number of aliphatic hydroxyl groups excluding tert-OH is 1. The molecule has 1 aliphatic rings. The van der Waals surface area contributed by atoms with Crippen molar-refractivity contribution in [2.75, 3.05) is 13.2 Å². The van der Waals surface area contributed by atoms with Crippen molar-refractivity contribution in [3.8, 4) is 0 Å². The molecule has 1 amide bonds. The lowest BCUT2D eigenvalue weighted by molar-refractivity contribution is 0.00887. The lowest BCUT2D eigenvalue weighted by atomic mass is 10.1. The lowest BCUT2D eigenvalue weighted by Gasteiger charge is -2.25. The van der Waals surface area contributed by atoms with Crippen LogP contribution in [-0.4, -0.2) is 47.6 Å². The van der Waals surface area contributed by atoms with Crippen molar-refractivity contribution in [1.82, 2.24) is 4.90 Å². The summed E-state index contributed by atoms with van der Waals surface area (Å²) in [6, 6.07) is 18.0. The number of benzene rings is 2. The monoisotopic (exact) mass is 359 g/mol. The largest absolute Gasteiger partial charge is 0.445 e. The first-order chi connectivity index (χ1) is 12.6. The normalized spacial score (nSPS) is 22.4. The Labute approximate surface area is 152 Å². The maximum absolute atomic E-state index is 13.9. The van der Waals surface area contributed by atoms with Gasteiger partial charge in [-0.2, -0.15) is 0 Å². The lowest BCUT2D eigenvalue weighted by Crippen LogP contribution is -2.43. The van der Waals surface area contributed by atoms with Crippen LogP contribution in [0, 0.1) is 0 Å². The summed E-state index contributed by atoms with van der Waals surface area (Å²) in [6.07, 6.45) is -3.44. The first-order valence-corrected chi connectivity index (χ1v) is 8.56. The molecule has 1 saturated heterocycles. The minimum absolute atomic E-state index is 0.0386. The molecule has 0 unspecified atom stereocenters. The number of alkyl halides is 1. The van der Waals surface area contributed by atoms with E-state index < -0.39 is 24.4 Å². The number of halogens is 1. The van der Waals surface area contributed by atoms with Crippen LogP contribution in [0.5, 0.6) is 0 Å². The summed E-state index contributed by atoms with van der Waals surface area (Å²) < 4.78 is 24.8. The van der Waals surface area contributed by atoms with Gasteiger partial charge in [0.25, 0.3) is 0 Å². The highest BCUT2D eigenvalue weighted by Crippen LogP contribution is 2.23. The van der Waals surface area contributed by atoms with E-state index in [1.54, 1.807) is 0 Å². The summed E-state index contributed by atoms with van der Waals surface area (Å²) in [6.45, 7) is 0.264. The van der Waals surface area contributed by atoms with Crippen molar-refractivity contribution in [2.45, 2.75) is 31.5 Å². The molecule has 2 aromatic carbocycles. The van der Waals surface area contributed by atoms with E-state index in [4.69, 9.17) is 9.47 Å². The smallest absolute Gasteiger partial charge is 0.410 e. The zero-order valence-corrected chi connectivity index (χ0v) is 14.3. The number of aliphatic hydroxyl groups is 1. The molecule has 3 atom stereocenters. The predicted octanol–water partition coefficient (Wildman–Crippen LogP) is 2.92. The summed E-state index contributed by atoms with van der Waals surface area (Å²) >= 11 is 0. The molecule has 2 aromatic rings. The van der Waals surface area contributed by atoms with E-state index in [2.05, 4.69) is 0 Å². The first kappa shape index (κ1) is 18.4. The topological polar surface area (TPSA) is 59.0 Å². The van der Waals surface area contributed by atoms with Gasteiger partial charge in [-0.3, -0.25) is 4.90 Å². The minimum Gasteiger partial charge on any atom is -0.445 e. The Bertz CT molecular complexity index is 697. The maximum Gasteiger partial charge on any atom is 0.410 e. The van der Waals surface area contributed by atoms with Gasteiger partial charge in [-0.25, -0.2) is 9.18 Å². The van der Waals surface area contributed by atoms with Crippen molar-refractivity contribution in [3.05, 3.63) is 71.8 Å². The van der Waals surface area contributed by atoms with Crippen LogP contribution in [0.2, 0.25) is 0 Å². The van der Waals surface area contributed by atoms with Gasteiger partial charge in [-0.1, -0.05) is 60.7 Å². The van der Waals surface area contributed by atoms with Crippen LogP contribution in [-0.2, 0) is 22.7 Å². The summed E-state index contributed by atoms with van der Waals surface area (Å²) in [4.78, 5) is 13.5. The van der Waals surface area contributed by atoms with Gasteiger partial charge in [0.15, 0.2) is 0 Å². The zero-order valence-electron chi connectivity index (χ0n) is 14.3. The number of hydrogen-bond acceptors (Lipinski definition) is 4. The Morgan fingerprint density at radius 3 is 2.23 bits per heavy atom. The molecule has 1 fully saturated rings. The van der Waals surface area contributed by atoms with Crippen LogP contribution in [0.3, 0.4) is 0 Å². The number of ether oxygens (including phenoxy) is 2. The molecule has 3 rings (SSSR count). The molecule has 26 heavy (non-hydrogen) atoms. The van der Waals surface area contributed by atoms with Crippen LogP contribution in [0.15, 0.2) is 60.7 Å². The number of nitrogens with zero attached hydrogens (tertiary/aromatic N) is 1. The fourth-order valence-corrected chi connectivity index (χ4v) is 2.93. The van der Waals surface area contributed by atoms with E-state index in [1.165, 1.54) is 4.90 Å². The molecule has 0 aromatic heterocycles. The third-order valence-corrected chi connectivity index (χ3v) is 4.38. The second-order valence-corrected chi connectivity index (χ2v) is 6.27. The van der Waals surface area contributed by atoms with Gasteiger partial charge in [0.05, 0.1) is 25.8 Å². The number of carbonyl (C=O) groups is 1. The van der Waals surface area contributed by atoms with E-state index in [-0.39, 0.29) is 19.8 Å². The Kier molecular flexibility index (Phi) is 6.20. The van der Waals surface area contributed by atoms with Crippen LogP contribution >= 0.6 is 0 Å². The Balaban J connectivity index is 1.54. The highest BCUT2D eigenvalue weighted by Gasteiger charge is 2.44. The van der Waals surface area contributed by atoms with Crippen LogP contribution in [0.1, 0.15) is 11.1 Å². The molecule has 1 aliphatic heterocycles. The van der Waals surface area contributed by atoms with Crippen molar-refractivity contribution in [2.24, 2.45) is 0 Å². The average Bonchev–Trinajstić information content (AvgIpc) is 2.96. The van der Waals surface area contributed by atoms with Gasteiger partial charge in [0, 0.05) is 0 Å². The number of amides is 1. The van der Waals surface area contributed by atoms with Crippen molar-refractivity contribution < 1.29 is 23.8 Å². The maximum atomic E-state index is 13.9. The standard InChI is InChI=1S/C20H22FNO4/c21-17-11-22(20(24)26-13-16-9-5-2-6-10-16)18(19(17)23)14-25-12-15-7-3-1-4-8-15/h1-10,17-19,23H,11-14H2/t17-,18-,19+/m1/s1. The zero-order chi connectivity index (χ0) is 18.4. The van der Waals surface area contributed by atoms with Gasteiger partial charge in [0.1, 0.15) is 18.9 Å². The van der Waals surface area contributed by atoms with Gasteiger partial charge in [-0.15, -0.1) is 0 Å². The molecule has 0 radical (unpaired) electrons. The third-order valence-electron chi connectivity index (χ3n) is 4.38. The quantitative estimate of drug-likeness (QED) is 0.862. The molecular formula is C20H22FNO4. The van der Waals surface area contributed by atoms with E-state index in [0.717, 1.165) is 11.1 Å². The molecule has 1 N–H and O–H groups in total. The summed E-state index contributed by atoms with van der Waals surface area (Å²) in [5.41, 5.74) is 1.81. The number of likely N-dealkylation sites (tertiary alicyclic amines) is 1. The highest BCUT2D eigenvalue weighted by atomic mass is 19.1. The van der Waals surface area contributed by atoms with Crippen molar-refractivity contribution >= 4 is 6.09 Å². The molecule has 0 bridgehead atoms. The van der Waals surface area contributed by atoms with Gasteiger partial charge in [-0.05, 0) is 11.1 Å². The SMILES string of the molecule is O=C(OCc1ccccc1)N1C[C@@H](F)[C@H](O)[C@H]1COCc1ccccc1. The average molecular weight is 359 g/mol. The third kappa shape index (κ3) is 4.59. The van der Waals surface area contributed by atoms with E-state index in [1.807, 2.05) is 60.7 Å². The number of carbonyl (C=O) groups excluding carboxylic acids is 1. The van der Waals surface area contributed by atoms with Crippen LogP contribution < -0.4 is 0 Å². The molecule has 0 saturated carbocycles. The summed E-state index contributed by atoms with van der Waals surface area (Å²) in [7, 11) is 0. The molecule has 138 valence electrons. The van der Waals surface area contributed by atoms with E-state index in [0.29, 0.717) is 6.61 Å². The fourth-order valence-electron chi connectivity index (χ4n) is 2.93. The van der Waals surface area contributed by atoms with Crippen molar-refractivity contribution in [1.29, 1.82) is 0 Å². The van der Waals surface area contributed by atoms with Gasteiger partial charge in [0.2, 0.25) is 0 Å². The fraction of sp³-hybridized carbons (Fsp3) is 0.350.